The molecule has 4 bridgehead atoms. The zero-order valence-electron chi connectivity index (χ0n) is 14.3. The van der Waals surface area contributed by atoms with Crippen molar-refractivity contribution in [3.8, 4) is 11.5 Å². The van der Waals surface area contributed by atoms with Gasteiger partial charge in [-0.1, -0.05) is 0 Å². The van der Waals surface area contributed by atoms with Gasteiger partial charge in [0.05, 0.1) is 6.61 Å². The van der Waals surface area contributed by atoms with Crippen molar-refractivity contribution < 1.29 is 14.6 Å². The Balaban J connectivity index is 1.77. The number of benzene rings is 1. The Hall–Kier alpha value is -1.68. The number of hydrogen-bond acceptors (Lipinski definition) is 4. The van der Waals surface area contributed by atoms with E-state index in [0.29, 0.717) is 24.2 Å². The Morgan fingerprint density at radius 3 is 2.33 bits per heavy atom. The first kappa shape index (κ1) is 15.8. The van der Waals surface area contributed by atoms with Crippen molar-refractivity contribution in [1.82, 2.24) is 0 Å². The number of hydrogen-bond donors (Lipinski definition) is 2. The normalized spacial score (nSPS) is 30.5. The molecule has 0 amide bonds. The molecule has 4 fully saturated rings. The van der Waals surface area contributed by atoms with Crippen molar-refractivity contribution in [3.63, 3.8) is 0 Å². The highest BCUT2D eigenvalue weighted by atomic mass is 16.5. The number of phenols is 1. The zero-order valence-corrected chi connectivity index (χ0v) is 14.3. The number of aromatic hydroxyl groups is 1. The molecule has 0 atom stereocenters. The average Bonchev–Trinajstić information content (AvgIpc) is 2.52. The highest BCUT2D eigenvalue weighted by Crippen LogP contribution is 2.58. The van der Waals surface area contributed by atoms with Gasteiger partial charge < -0.3 is 14.6 Å². The van der Waals surface area contributed by atoms with E-state index < -0.39 is 0 Å². The molecular weight excluding hydrogens is 302 g/mol. The summed E-state index contributed by atoms with van der Waals surface area (Å²) >= 11 is 0. The van der Waals surface area contributed by atoms with E-state index in [1.54, 1.807) is 12.1 Å². The Morgan fingerprint density at radius 2 is 1.75 bits per heavy atom. The van der Waals surface area contributed by atoms with Crippen LogP contribution in [0.15, 0.2) is 23.8 Å². The molecule has 1 aromatic carbocycles. The van der Waals surface area contributed by atoms with Crippen LogP contribution in [0.1, 0.15) is 44.6 Å². The summed E-state index contributed by atoms with van der Waals surface area (Å²) in [4.78, 5) is 0. The molecule has 0 saturated heterocycles. The van der Waals surface area contributed by atoms with E-state index in [1.807, 2.05) is 13.0 Å². The smallest absolute Gasteiger partial charge is 0.137 e. The number of allylic oxidation sites excluding steroid dienone is 1. The van der Waals surface area contributed by atoms with Crippen LogP contribution in [0.2, 0.25) is 0 Å². The second kappa shape index (κ2) is 6.32. The Labute approximate surface area is 143 Å². The summed E-state index contributed by atoms with van der Waals surface area (Å²) in [7, 11) is 0. The van der Waals surface area contributed by atoms with Gasteiger partial charge in [-0.2, -0.15) is 0 Å². The molecule has 0 spiro atoms. The van der Waals surface area contributed by atoms with Gasteiger partial charge >= 0.3 is 0 Å². The van der Waals surface area contributed by atoms with E-state index in [2.05, 4.69) is 0 Å². The van der Waals surface area contributed by atoms with Gasteiger partial charge in [0.15, 0.2) is 0 Å². The molecule has 0 aliphatic heterocycles. The predicted octanol–water partition coefficient (Wildman–Crippen LogP) is 3.89. The van der Waals surface area contributed by atoms with Crippen molar-refractivity contribution in [1.29, 1.82) is 0 Å². The van der Waals surface area contributed by atoms with Gasteiger partial charge in [0.1, 0.15) is 24.0 Å². The zero-order chi connectivity index (χ0) is 16.7. The Morgan fingerprint density at radius 1 is 1.08 bits per heavy atom. The fourth-order valence-electron chi connectivity index (χ4n) is 5.43. The van der Waals surface area contributed by atoms with Crippen molar-refractivity contribution in [2.45, 2.75) is 39.0 Å². The average molecular weight is 329 g/mol. The van der Waals surface area contributed by atoms with Crippen LogP contribution in [0.3, 0.4) is 0 Å². The molecule has 4 aliphatic carbocycles. The Bertz CT molecular complexity index is 622. The summed E-state index contributed by atoms with van der Waals surface area (Å²) in [5.74, 6) is 4.91. The third-order valence-electron chi connectivity index (χ3n) is 5.97. The molecule has 0 unspecified atom stereocenters. The monoisotopic (exact) mass is 329 g/mol. The number of nitrogens with two attached hydrogens (primary N) is 1. The van der Waals surface area contributed by atoms with E-state index in [9.17, 15) is 5.11 Å². The lowest BCUT2D eigenvalue weighted by Gasteiger charge is -2.51. The molecular formula is C20H27NO3. The van der Waals surface area contributed by atoms with Gasteiger partial charge in [0, 0.05) is 11.6 Å². The van der Waals surface area contributed by atoms with Crippen LogP contribution in [0.4, 0.5) is 0 Å². The number of phenolic OH excluding ortho intramolecular Hbond substituents is 1. The number of rotatable bonds is 5. The van der Waals surface area contributed by atoms with Crippen LogP contribution in [0.25, 0.3) is 5.76 Å². The Kier molecular flexibility index (Phi) is 4.17. The van der Waals surface area contributed by atoms with Gasteiger partial charge in [0.2, 0.25) is 0 Å². The number of ether oxygens (including phenoxy) is 2. The van der Waals surface area contributed by atoms with E-state index in [0.717, 1.165) is 23.2 Å². The molecule has 0 aromatic heterocycles. The maximum Gasteiger partial charge on any atom is 0.137 e. The molecule has 4 aliphatic rings. The lowest BCUT2D eigenvalue weighted by atomic mass is 9.54. The first-order valence-electron chi connectivity index (χ1n) is 9.22. The van der Waals surface area contributed by atoms with E-state index in [1.165, 1.54) is 37.7 Å². The van der Waals surface area contributed by atoms with Crippen molar-refractivity contribution >= 4 is 5.76 Å². The fraction of sp³-hybridized carbons (Fsp3) is 0.600. The molecule has 5 rings (SSSR count). The molecule has 24 heavy (non-hydrogen) atoms. The van der Waals surface area contributed by atoms with E-state index in [4.69, 9.17) is 15.2 Å². The molecule has 4 nitrogen and oxygen atoms in total. The summed E-state index contributed by atoms with van der Waals surface area (Å²) in [5.41, 5.74) is 7.90. The second-order valence-corrected chi connectivity index (χ2v) is 7.55. The van der Waals surface area contributed by atoms with Gasteiger partial charge in [-0.15, -0.1) is 0 Å². The minimum absolute atomic E-state index is 0.0953. The predicted molar refractivity (Wildman–Crippen MR) is 93.4 cm³/mol. The summed E-state index contributed by atoms with van der Waals surface area (Å²) in [6, 6.07) is 5.32. The van der Waals surface area contributed by atoms with Gasteiger partial charge in [-0.25, -0.2) is 0 Å². The van der Waals surface area contributed by atoms with Crippen LogP contribution in [-0.4, -0.2) is 18.4 Å². The summed E-state index contributed by atoms with van der Waals surface area (Å²) in [6.07, 6.45) is 6.67. The fourth-order valence-corrected chi connectivity index (χ4v) is 5.43. The third-order valence-corrected chi connectivity index (χ3v) is 5.97. The molecule has 4 heteroatoms. The standard InChI is InChI=1S/C20H27NO3/c1-2-23-20(16-8-17(22)10-18(9-16)24-11-21)19-14-4-12-3-13(6-14)7-15(19)5-12/h8-10,12-15,22H,2-7,11,21H2,1H3. The molecule has 3 N–H and O–H groups in total. The SMILES string of the molecule is CCOC(=C1C2CC3CC(C2)CC1C3)c1cc(O)cc(OCN)c1. The third kappa shape index (κ3) is 2.77. The van der Waals surface area contributed by atoms with Crippen molar-refractivity contribution in [2.24, 2.45) is 29.4 Å². The summed E-state index contributed by atoms with van der Waals surface area (Å²) in [5, 5.41) is 10.1. The van der Waals surface area contributed by atoms with Crippen LogP contribution >= 0.6 is 0 Å². The lowest BCUT2D eigenvalue weighted by Crippen LogP contribution is -2.41. The summed E-state index contributed by atoms with van der Waals surface area (Å²) in [6.45, 7) is 2.75. The van der Waals surface area contributed by atoms with Crippen LogP contribution in [0.5, 0.6) is 11.5 Å². The molecule has 130 valence electrons. The van der Waals surface area contributed by atoms with Crippen LogP contribution in [-0.2, 0) is 4.74 Å². The molecule has 0 heterocycles. The first-order valence-corrected chi connectivity index (χ1v) is 9.22. The van der Waals surface area contributed by atoms with Crippen LogP contribution < -0.4 is 10.5 Å². The summed E-state index contributed by atoms with van der Waals surface area (Å²) < 4.78 is 11.5. The minimum atomic E-state index is 0.0953. The van der Waals surface area contributed by atoms with Gasteiger partial charge in [-0.05, 0) is 80.4 Å². The van der Waals surface area contributed by atoms with Crippen molar-refractivity contribution in [3.05, 3.63) is 29.3 Å². The topological polar surface area (TPSA) is 64.7 Å². The second-order valence-electron chi connectivity index (χ2n) is 7.55. The van der Waals surface area contributed by atoms with E-state index in [-0.39, 0.29) is 12.5 Å². The van der Waals surface area contributed by atoms with E-state index >= 15 is 0 Å². The maximum atomic E-state index is 10.1. The quantitative estimate of drug-likeness (QED) is 0.635. The first-order chi connectivity index (χ1) is 11.7. The lowest BCUT2D eigenvalue weighted by molar-refractivity contribution is 0.0668. The molecule has 1 aromatic rings. The maximum absolute atomic E-state index is 10.1. The highest BCUT2D eigenvalue weighted by molar-refractivity contribution is 5.67. The van der Waals surface area contributed by atoms with Gasteiger partial charge in [-0.3, -0.25) is 5.73 Å². The minimum Gasteiger partial charge on any atom is -0.508 e. The van der Waals surface area contributed by atoms with Crippen molar-refractivity contribution in [2.75, 3.05) is 13.3 Å². The largest absolute Gasteiger partial charge is 0.508 e. The van der Waals surface area contributed by atoms with Gasteiger partial charge in [0.25, 0.3) is 0 Å². The molecule has 0 radical (unpaired) electrons. The molecule has 4 saturated carbocycles. The highest BCUT2D eigenvalue weighted by Gasteiger charge is 2.46. The van der Waals surface area contributed by atoms with Crippen LogP contribution in [0, 0.1) is 23.7 Å².